The fraction of sp³-hybridized carbons (Fsp3) is 0.348. The summed E-state index contributed by atoms with van der Waals surface area (Å²) in [6.45, 7) is 4.43. The molecule has 3 atom stereocenters. The van der Waals surface area contributed by atoms with Crippen LogP contribution in [0.15, 0.2) is 48.5 Å². The van der Waals surface area contributed by atoms with Crippen LogP contribution >= 0.6 is 0 Å². The number of nitrogens with zero attached hydrogens (tertiary/aromatic N) is 1. The van der Waals surface area contributed by atoms with Crippen molar-refractivity contribution in [3.05, 3.63) is 65.2 Å². The van der Waals surface area contributed by atoms with Crippen molar-refractivity contribution in [2.75, 3.05) is 4.90 Å². The zero-order valence-electron chi connectivity index (χ0n) is 16.1. The molecule has 0 radical (unpaired) electrons. The molecule has 1 fully saturated rings. The van der Waals surface area contributed by atoms with Crippen molar-refractivity contribution < 1.29 is 14.4 Å². The maximum atomic E-state index is 12.6. The highest BCUT2D eigenvalue weighted by molar-refractivity contribution is 6.34. The van der Waals surface area contributed by atoms with E-state index < -0.39 is 0 Å². The summed E-state index contributed by atoms with van der Waals surface area (Å²) in [4.78, 5) is 39.0. The molecule has 5 nitrogen and oxygen atoms in total. The van der Waals surface area contributed by atoms with Crippen LogP contribution in [0.2, 0.25) is 0 Å². The molecule has 0 bridgehead atoms. The second kappa shape index (κ2) is 7.23. The number of rotatable bonds is 3. The van der Waals surface area contributed by atoms with E-state index in [2.05, 4.69) is 19.2 Å². The highest BCUT2D eigenvalue weighted by Crippen LogP contribution is 2.30. The van der Waals surface area contributed by atoms with Gasteiger partial charge in [0.25, 0.3) is 17.7 Å². The van der Waals surface area contributed by atoms with Gasteiger partial charge in [0.2, 0.25) is 0 Å². The van der Waals surface area contributed by atoms with Crippen LogP contribution in [0, 0.1) is 11.8 Å². The smallest absolute Gasteiger partial charge is 0.266 e. The number of benzene rings is 2. The summed E-state index contributed by atoms with van der Waals surface area (Å²) in [5.41, 5.74) is 1.83. The first kappa shape index (κ1) is 18.4. The number of carbonyl (C=O) groups excluding carboxylic acids is 3. The lowest BCUT2D eigenvalue weighted by Crippen LogP contribution is -2.43. The molecule has 2 aromatic carbocycles. The van der Waals surface area contributed by atoms with E-state index in [-0.39, 0.29) is 23.8 Å². The van der Waals surface area contributed by atoms with Gasteiger partial charge in [0.05, 0.1) is 16.8 Å². The monoisotopic (exact) mass is 376 g/mol. The van der Waals surface area contributed by atoms with Crippen LogP contribution in [0.4, 0.5) is 5.69 Å². The van der Waals surface area contributed by atoms with Gasteiger partial charge in [-0.1, -0.05) is 38.8 Å². The van der Waals surface area contributed by atoms with Gasteiger partial charge in [-0.15, -0.1) is 0 Å². The van der Waals surface area contributed by atoms with Gasteiger partial charge < -0.3 is 5.32 Å². The Kier molecular flexibility index (Phi) is 4.75. The van der Waals surface area contributed by atoms with Crippen molar-refractivity contribution in [3.8, 4) is 0 Å². The first-order valence-electron chi connectivity index (χ1n) is 9.86. The minimum atomic E-state index is -0.331. The molecule has 28 heavy (non-hydrogen) atoms. The molecule has 0 spiro atoms. The van der Waals surface area contributed by atoms with E-state index in [1.54, 1.807) is 48.5 Å². The number of anilines is 1. The van der Waals surface area contributed by atoms with Crippen molar-refractivity contribution in [2.45, 2.75) is 39.2 Å². The number of carbonyl (C=O) groups is 3. The lowest BCUT2D eigenvalue weighted by atomic mass is 9.78. The van der Waals surface area contributed by atoms with Gasteiger partial charge in [-0.25, -0.2) is 4.90 Å². The lowest BCUT2D eigenvalue weighted by Gasteiger charge is -2.34. The molecule has 144 valence electrons. The van der Waals surface area contributed by atoms with Crippen LogP contribution < -0.4 is 10.2 Å². The Morgan fingerprint density at radius 3 is 2.14 bits per heavy atom. The second-order valence-electron chi connectivity index (χ2n) is 7.89. The SMILES string of the molecule is C[C@@H]1[C@H](C)CCC[C@H]1NC(=O)c1ccc(N2C(=O)c3ccccc3C2=O)cc1. The molecule has 1 N–H and O–H groups in total. The molecule has 1 aliphatic carbocycles. The van der Waals surface area contributed by atoms with Crippen LogP contribution in [0.3, 0.4) is 0 Å². The quantitative estimate of drug-likeness (QED) is 0.822. The summed E-state index contributed by atoms with van der Waals surface area (Å²) in [6, 6.07) is 13.6. The summed E-state index contributed by atoms with van der Waals surface area (Å²) < 4.78 is 0. The van der Waals surface area contributed by atoms with Crippen LogP contribution in [0.5, 0.6) is 0 Å². The fourth-order valence-electron chi connectivity index (χ4n) is 4.22. The van der Waals surface area contributed by atoms with Gasteiger partial charge in [-0.05, 0) is 54.7 Å². The molecular weight excluding hydrogens is 352 g/mol. The largest absolute Gasteiger partial charge is 0.349 e. The molecule has 2 aliphatic rings. The zero-order valence-corrected chi connectivity index (χ0v) is 16.1. The maximum absolute atomic E-state index is 12.6. The van der Waals surface area contributed by atoms with Gasteiger partial charge in [-0.2, -0.15) is 0 Å². The molecule has 1 heterocycles. The Morgan fingerprint density at radius 2 is 1.54 bits per heavy atom. The van der Waals surface area contributed by atoms with Crippen LogP contribution in [0.1, 0.15) is 64.2 Å². The standard InChI is InChI=1S/C23H24N2O3/c1-14-6-5-9-20(15(14)2)24-21(26)16-10-12-17(13-11-16)25-22(27)18-7-3-4-8-19(18)23(25)28/h3-4,7-8,10-15,20H,5-6,9H2,1-2H3,(H,24,26)/t14-,15-,20-/m1/s1. The Morgan fingerprint density at radius 1 is 0.929 bits per heavy atom. The third kappa shape index (κ3) is 3.11. The number of hydrogen-bond acceptors (Lipinski definition) is 3. The molecule has 3 amide bonds. The molecule has 1 saturated carbocycles. The fourth-order valence-corrected chi connectivity index (χ4v) is 4.22. The van der Waals surface area contributed by atoms with Crippen molar-refractivity contribution in [1.29, 1.82) is 0 Å². The van der Waals surface area contributed by atoms with Crippen molar-refractivity contribution in [2.24, 2.45) is 11.8 Å². The van der Waals surface area contributed by atoms with Gasteiger partial charge in [-0.3, -0.25) is 14.4 Å². The van der Waals surface area contributed by atoms with Crippen molar-refractivity contribution in [3.63, 3.8) is 0 Å². The summed E-state index contributed by atoms with van der Waals surface area (Å²) in [7, 11) is 0. The normalized spacial score (nSPS) is 24.2. The average Bonchev–Trinajstić information content (AvgIpc) is 2.96. The predicted octanol–water partition coefficient (Wildman–Crippen LogP) is 4.04. The van der Waals surface area contributed by atoms with Crippen LogP contribution in [-0.4, -0.2) is 23.8 Å². The van der Waals surface area contributed by atoms with Crippen LogP contribution in [0.25, 0.3) is 0 Å². The van der Waals surface area contributed by atoms with Crippen LogP contribution in [-0.2, 0) is 0 Å². The molecule has 1 aliphatic heterocycles. The average molecular weight is 376 g/mol. The highest BCUT2D eigenvalue weighted by Gasteiger charge is 2.36. The zero-order chi connectivity index (χ0) is 19.8. The third-order valence-electron chi connectivity index (χ3n) is 6.21. The minimum Gasteiger partial charge on any atom is -0.349 e. The third-order valence-corrected chi connectivity index (χ3v) is 6.21. The number of imide groups is 1. The molecule has 5 heteroatoms. The Bertz CT molecular complexity index is 900. The number of hydrogen-bond donors (Lipinski definition) is 1. The van der Waals surface area contributed by atoms with E-state index in [1.165, 1.54) is 6.42 Å². The van der Waals surface area contributed by atoms with E-state index in [0.29, 0.717) is 34.2 Å². The number of fused-ring (bicyclic) bond motifs is 1. The minimum absolute atomic E-state index is 0.111. The molecule has 4 rings (SSSR count). The van der Waals surface area contributed by atoms with Gasteiger partial charge in [0.1, 0.15) is 0 Å². The lowest BCUT2D eigenvalue weighted by molar-refractivity contribution is 0.0888. The van der Waals surface area contributed by atoms with E-state index in [4.69, 9.17) is 0 Å². The molecular formula is C23H24N2O3. The van der Waals surface area contributed by atoms with E-state index in [9.17, 15) is 14.4 Å². The van der Waals surface area contributed by atoms with Crippen molar-refractivity contribution >= 4 is 23.4 Å². The number of nitrogens with one attached hydrogen (secondary N) is 1. The Labute approximate surface area is 164 Å². The van der Waals surface area contributed by atoms with Gasteiger partial charge in [0.15, 0.2) is 0 Å². The topological polar surface area (TPSA) is 66.5 Å². The Hall–Kier alpha value is -2.95. The summed E-state index contributed by atoms with van der Waals surface area (Å²) in [6.07, 6.45) is 3.35. The maximum Gasteiger partial charge on any atom is 0.266 e. The van der Waals surface area contributed by atoms with E-state index in [1.807, 2.05) is 0 Å². The van der Waals surface area contributed by atoms with Gasteiger partial charge >= 0.3 is 0 Å². The van der Waals surface area contributed by atoms with E-state index >= 15 is 0 Å². The summed E-state index contributed by atoms with van der Waals surface area (Å²) in [5, 5.41) is 3.15. The van der Waals surface area contributed by atoms with Gasteiger partial charge in [0, 0.05) is 11.6 Å². The molecule has 0 unspecified atom stereocenters. The predicted molar refractivity (Wildman–Crippen MR) is 107 cm³/mol. The molecule has 0 saturated heterocycles. The highest BCUT2D eigenvalue weighted by atomic mass is 16.2. The molecule has 0 aromatic heterocycles. The summed E-state index contributed by atoms with van der Waals surface area (Å²) in [5.74, 6) is 0.288. The first-order valence-corrected chi connectivity index (χ1v) is 9.86. The first-order chi connectivity index (χ1) is 13.5. The Balaban J connectivity index is 1.50. The number of amides is 3. The second-order valence-corrected chi connectivity index (χ2v) is 7.89. The van der Waals surface area contributed by atoms with E-state index in [0.717, 1.165) is 17.7 Å². The summed E-state index contributed by atoms with van der Waals surface area (Å²) >= 11 is 0. The van der Waals surface area contributed by atoms with Crippen molar-refractivity contribution in [1.82, 2.24) is 5.32 Å². The molecule has 2 aromatic rings.